The molecule has 1 heterocycles. The smallest absolute Gasteiger partial charge is 0.307 e. The van der Waals surface area contributed by atoms with Crippen LogP contribution in [0.1, 0.15) is 11.1 Å². The Morgan fingerprint density at radius 1 is 1.20 bits per heavy atom. The highest BCUT2D eigenvalue weighted by Gasteiger charge is 2.20. The van der Waals surface area contributed by atoms with Gasteiger partial charge in [0.1, 0.15) is 0 Å². The van der Waals surface area contributed by atoms with Gasteiger partial charge in [0.2, 0.25) is 0 Å². The summed E-state index contributed by atoms with van der Waals surface area (Å²) in [5, 5.41) is 10.3. The molecule has 0 atom stereocenters. The summed E-state index contributed by atoms with van der Waals surface area (Å²) in [5.41, 5.74) is 4.34. The number of carboxylic acid groups (broad SMARTS) is 1. The van der Waals surface area contributed by atoms with E-state index >= 15 is 0 Å². The molecular weight excluding hydrogens is 386 g/mol. The fraction of sp³-hybridized carbons (Fsp3) is 0.211. The lowest BCUT2D eigenvalue weighted by Crippen LogP contribution is -2.01. The van der Waals surface area contributed by atoms with Crippen LogP contribution in [0, 0.1) is 6.92 Å². The number of methoxy groups -OCH3 is 2. The van der Waals surface area contributed by atoms with Crippen molar-refractivity contribution in [2.45, 2.75) is 13.3 Å². The van der Waals surface area contributed by atoms with Crippen LogP contribution in [-0.4, -0.2) is 30.3 Å². The van der Waals surface area contributed by atoms with Gasteiger partial charge in [0.15, 0.2) is 11.5 Å². The molecule has 0 aliphatic rings. The van der Waals surface area contributed by atoms with Crippen molar-refractivity contribution in [1.29, 1.82) is 0 Å². The first-order valence-corrected chi connectivity index (χ1v) is 8.49. The predicted octanol–water partition coefficient (Wildman–Crippen LogP) is 4.55. The molecule has 0 unspecified atom stereocenters. The lowest BCUT2D eigenvalue weighted by Gasteiger charge is -2.12. The van der Waals surface area contributed by atoms with Crippen LogP contribution in [0.5, 0.6) is 11.5 Å². The Bertz CT molecular complexity index is 962. The predicted molar refractivity (Wildman–Crippen MR) is 101 cm³/mol. The summed E-state index contributed by atoms with van der Waals surface area (Å²) in [6.07, 6.45) is -0.0699. The van der Waals surface area contributed by atoms with Crippen molar-refractivity contribution in [2.24, 2.45) is 0 Å². The number of nitrogens with one attached hydrogen (secondary N) is 1. The third-order valence-electron chi connectivity index (χ3n) is 4.22. The summed E-state index contributed by atoms with van der Waals surface area (Å²) in [7, 11) is 3.15. The number of aromatic nitrogens is 1. The van der Waals surface area contributed by atoms with E-state index in [1.165, 1.54) is 0 Å². The number of ether oxygens (including phenoxy) is 2. The molecule has 0 spiro atoms. The number of hydrogen-bond acceptors (Lipinski definition) is 3. The first-order chi connectivity index (χ1) is 12.0. The molecule has 3 aromatic rings. The minimum absolute atomic E-state index is 0.0699. The van der Waals surface area contributed by atoms with Crippen molar-refractivity contribution in [2.75, 3.05) is 14.2 Å². The monoisotopic (exact) mass is 403 g/mol. The largest absolute Gasteiger partial charge is 0.493 e. The van der Waals surface area contributed by atoms with Gasteiger partial charge in [-0.1, -0.05) is 18.2 Å². The zero-order valence-corrected chi connectivity index (χ0v) is 15.7. The molecule has 1 aromatic heterocycles. The van der Waals surface area contributed by atoms with Crippen LogP contribution >= 0.6 is 15.9 Å². The molecule has 0 aliphatic carbocycles. The molecule has 0 saturated heterocycles. The highest BCUT2D eigenvalue weighted by molar-refractivity contribution is 9.10. The molecule has 0 radical (unpaired) electrons. The van der Waals surface area contributed by atoms with Crippen molar-refractivity contribution in [1.82, 2.24) is 4.98 Å². The summed E-state index contributed by atoms with van der Waals surface area (Å²) >= 11 is 3.56. The number of para-hydroxylation sites is 1. The van der Waals surface area contributed by atoms with Crippen molar-refractivity contribution in [3.8, 4) is 22.8 Å². The van der Waals surface area contributed by atoms with Crippen molar-refractivity contribution >= 4 is 32.8 Å². The number of carbonyl (C=O) groups is 1. The van der Waals surface area contributed by atoms with E-state index in [-0.39, 0.29) is 6.42 Å². The minimum atomic E-state index is -0.875. The van der Waals surface area contributed by atoms with Crippen LogP contribution in [0.15, 0.2) is 34.8 Å². The number of aromatic amines is 1. The average molecular weight is 404 g/mol. The summed E-state index contributed by atoms with van der Waals surface area (Å²) in [6.45, 7) is 2.00. The van der Waals surface area contributed by atoms with Gasteiger partial charge >= 0.3 is 5.97 Å². The number of aliphatic carboxylic acids is 1. The van der Waals surface area contributed by atoms with E-state index in [1.54, 1.807) is 14.2 Å². The van der Waals surface area contributed by atoms with Gasteiger partial charge in [0.05, 0.1) is 26.3 Å². The number of H-pyrrole nitrogens is 1. The van der Waals surface area contributed by atoms with E-state index in [4.69, 9.17) is 9.47 Å². The molecule has 0 fully saturated rings. The van der Waals surface area contributed by atoms with Crippen LogP contribution in [0.25, 0.3) is 22.2 Å². The number of hydrogen-bond donors (Lipinski definition) is 2. The summed E-state index contributed by atoms with van der Waals surface area (Å²) < 4.78 is 11.5. The third kappa shape index (κ3) is 3.09. The van der Waals surface area contributed by atoms with Gasteiger partial charge < -0.3 is 19.6 Å². The zero-order valence-electron chi connectivity index (χ0n) is 14.1. The normalized spacial score (nSPS) is 10.9. The van der Waals surface area contributed by atoms with E-state index in [9.17, 15) is 9.90 Å². The Morgan fingerprint density at radius 3 is 2.52 bits per heavy atom. The maximum atomic E-state index is 11.4. The number of benzene rings is 2. The molecule has 25 heavy (non-hydrogen) atoms. The van der Waals surface area contributed by atoms with Gasteiger partial charge in [0.25, 0.3) is 0 Å². The van der Waals surface area contributed by atoms with Crippen LogP contribution in [0.3, 0.4) is 0 Å². The van der Waals surface area contributed by atoms with E-state index in [0.29, 0.717) is 11.5 Å². The lowest BCUT2D eigenvalue weighted by atomic mass is 10.0. The van der Waals surface area contributed by atoms with Gasteiger partial charge in [0, 0.05) is 20.9 Å². The molecule has 2 aromatic carbocycles. The van der Waals surface area contributed by atoms with Crippen LogP contribution in [-0.2, 0) is 11.2 Å². The van der Waals surface area contributed by atoms with Gasteiger partial charge in [-0.25, -0.2) is 0 Å². The van der Waals surface area contributed by atoms with Crippen molar-refractivity contribution in [3.63, 3.8) is 0 Å². The SMILES string of the molecule is COc1cc(Br)c(-c2[nH]c3c(C)cccc3c2CC(=O)O)cc1OC. The summed E-state index contributed by atoms with van der Waals surface area (Å²) in [5.74, 6) is 0.308. The molecule has 6 heteroatoms. The highest BCUT2D eigenvalue weighted by atomic mass is 79.9. The number of halogens is 1. The third-order valence-corrected chi connectivity index (χ3v) is 4.88. The summed E-state index contributed by atoms with van der Waals surface area (Å²) in [6, 6.07) is 9.53. The molecule has 0 saturated carbocycles. The summed E-state index contributed by atoms with van der Waals surface area (Å²) in [4.78, 5) is 14.8. The Labute approximate surface area is 153 Å². The fourth-order valence-electron chi connectivity index (χ4n) is 3.03. The maximum absolute atomic E-state index is 11.4. The van der Waals surface area contributed by atoms with Crippen LogP contribution in [0.2, 0.25) is 0 Å². The molecule has 0 amide bonds. The Morgan fingerprint density at radius 2 is 1.88 bits per heavy atom. The van der Waals surface area contributed by atoms with Gasteiger partial charge in [-0.3, -0.25) is 4.79 Å². The number of aryl methyl sites for hydroxylation is 1. The van der Waals surface area contributed by atoms with Crippen molar-refractivity contribution < 1.29 is 19.4 Å². The quantitative estimate of drug-likeness (QED) is 0.655. The fourth-order valence-corrected chi connectivity index (χ4v) is 3.55. The molecule has 5 nitrogen and oxygen atoms in total. The molecule has 0 aliphatic heterocycles. The van der Waals surface area contributed by atoms with Gasteiger partial charge in [-0.05, 0) is 46.1 Å². The Hall–Kier alpha value is -2.47. The van der Waals surface area contributed by atoms with Crippen LogP contribution in [0.4, 0.5) is 0 Å². The number of carboxylic acids is 1. The van der Waals surface area contributed by atoms with E-state index in [1.807, 2.05) is 37.3 Å². The maximum Gasteiger partial charge on any atom is 0.307 e. The molecule has 2 N–H and O–H groups in total. The molecular formula is C19H18BrNO4. The first-order valence-electron chi connectivity index (χ1n) is 7.70. The van der Waals surface area contributed by atoms with E-state index < -0.39 is 5.97 Å². The highest BCUT2D eigenvalue weighted by Crippen LogP contribution is 2.41. The van der Waals surface area contributed by atoms with E-state index in [0.717, 1.165) is 37.8 Å². The van der Waals surface area contributed by atoms with E-state index in [2.05, 4.69) is 20.9 Å². The first kappa shape index (κ1) is 17.4. The number of fused-ring (bicyclic) bond motifs is 1. The molecule has 0 bridgehead atoms. The lowest BCUT2D eigenvalue weighted by molar-refractivity contribution is -0.136. The standard InChI is InChI=1S/C19H18BrNO4/c1-10-5-4-6-11-12(8-17(22)23)19(21-18(10)11)13-7-15(24-2)16(25-3)9-14(13)20/h4-7,9,21H,8H2,1-3H3,(H,22,23). The second-order valence-electron chi connectivity index (χ2n) is 5.73. The molecule has 130 valence electrons. The Balaban J connectivity index is 2.31. The second-order valence-corrected chi connectivity index (χ2v) is 6.59. The Kier molecular flexibility index (Phi) is 4.72. The topological polar surface area (TPSA) is 71.6 Å². The minimum Gasteiger partial charge on any atom is -0.493 e. The zero-order chi connectivity index (χ0) is 18.1. The molecule has 3 rings (SSSR count). The van der Waals surface area contributed by atoms with Crippen molar-refractivity contribution in [3.05, 3.63) is 45.9 Å². The van der Waals surface area contributed by atoms with Gasteiger partial charge in [-0.2, -0.15) is 0 Å². The number of rotatable bonds is 5. The second kappa shape index (κ2) is 6.80. The van der Waals surface area contributed by atoms with Crippen LogP contribution < -0.4 is 9.47 Å². The average Bonchev–Trinajstić information content (AvgIpc) is 2.94. The van der Waals surface area contributed by atoms with Gasteiger partial charge in [-0.15, -0.1) is 0 Å².